The number of carbonyl (C=O) groups is 2. The molecule has 8 nitrogen and oxygen atoms in total. The summed E-state index contributed by atoms with van der Waals surface area (Å²) in [7, 11) is 3.16. The summed E-state index contributed by atoms with van der Waals surface area (Å²) in [6.45, 7) is 3.65. The number of carboxylic acids is 1. The summed E-state index contributed by atoms with van der Waals surface area (Å²) in [4.78, 5) is 26.4. The normalized spacial score (nSPS) is 26.1. The number of para-hydroxylation sites is 2. The van der Waals surface area contributed by atoms with E-state index in [1.807, 2.05) is 42.2 Å². The van der Waals surface area contributed by atoms with Gasteiger partial charge in [0, 0.05) is 36.4 Å². The first-order chi connectivity index (χ1) is 16.8. The van der Waals surface area contributed by atoms with Crippen LogP contribution in [0.2, 0.25) is 0 Å². The summed E-state index contributed by atoms with van der Waals surface area (Å²) in [5, 5.41) is 9.39. The highest BCUT2D eigenvalue weighted by Crippen LogP contribution is 2.58. The molecule has 3 atom stereocenters. The van der Waals surface area contributed by atoms with Crippen molar-refractivity contribution in [2.45, 2.75) is 37.9 Å². The van der Waals surface area contributed by atoms with Crippen molar-refractivity contribution in [1.29, 1.82) is 0 Å². The molecule has 2 saturated heterocycles. The Bertz CT molecular complexity index is 1140. The number of fused-ring (bicyclic) bond motifs is 3. The van der Waals surface area contributed by atoms with Gasteiger partial charge in [-0.1, -0.05) is 24.3 Å². The van der Waals surface area contributed by atoms with Crippen LogP contribution in [0.5, 0.6) is 17.2 Å². The second kappa shape index (κ2) is 8.75. The van der Waals surface area contributed by atoms with Crippen LogP contribution in [0.25, 0.3) is 0 Å². The van der Waals surface area contributed by atoms with E-state index < -0.39 is 11.6 Å². The van der Waals surface area contributed by atoms with Crippen LogP contribution in [-0.2, 0) is 9.53 Å². The minimum Gasteiger partial charge on any atom is -0.496 e. The van der Waals surface area contributed by atoms with Crippen molar-refractivity contribution in [3.8, 4) is 17.2 Å². The van der Waals surface area contributed by atoms with Crippen LogP contribution in [0.3, 0.4) is 0 Å². The fraction of sp³-hybridized carbons (Fsp3) is 0.481. The van der Waals surface area contributed by atoms with Gasteiger partial charge in [-0.15, -0.1) is 0 Å². The number of rotatable bonds is 6. The highest BCUT2D eigenvalue weighted by Gasteiger charge is 2.58. The fourth-order valence-electron chi connectivity index (χ4n) is 5.90. The van der Waals surface area contributed by atoms with E-state index in [1.165, 1.54) is 0 Å². The lowest BCUT2D eigenvalue weighted by Crippen LogP contribution is -2.65. The lowest BCUT2D eigenvalue weighted by molar-refractivity contribution is -0.198. The van der Waals surface area contributed by atoms with E-state index in [4.69, 9.17) is 18.9 Å². The third-order valence-electron chi connectivity index (χ3n) is 7.76. The van der Waals surface area contributed by atoms with Crippen LogP contribution in [0.4, 0.5) is 0 Å². The second-order valence-electron chi connectivity index (χ2n) is 10.1. The average molecular weight is 482 g/mol. The largest absolute Gasteiger partial charge is 0.496 e. The monoisotopic (exact) mass is 481 g/mol. The molecule has 0 aromatic heterocycles. The van der Waals surface area contributed by atoms with Gasteiger partial charge in [0.15, 0.2) is 11.5 Å². The predicted molar refractivity (Wildman–Crippen MR) is 127 cm³/mol. The van der Waals surface area contributed by atoms with Crippen LogP contribution in [0.15, 0.2) is 42.5 Å². The molecule has 0 saturated carbocycles. The first-order valence-corrected chi connectivity index (χ1v) is 11.9. The zero-order valence-corrected chi connectivity index (χ0v) is 20.3. The highest BCUT2D eigenvalue weighted by molar-refractivity contribution is 5.97. The van der Waals surface area contributed by atoms with Crippen LogP contribution in [-0.4, -0.2) is 61.4 Å². The van der Waals surface area contributed by atoms with E-state index in [0.29, 0.717) is 48.9 Å². The molecule has 2 aromatic rings. The van der Waals surface area contributed by atoms with Gasteiger partial charge in [0.1, 0.15) is 11.4 Å². The summed E-state index contributed by atoms with van der Waals surface area (Å²) in [6.07, 6.45) is 0.900. The SMILES string of the molecule is COc1ccccc1C(=O)N1CC2(CO[C@H]3c4cccc(OC)c4O[C@](C)(CCC(=O)O)[C@@H]3C2)C1. The molecular formula is C27H31NO7. The Kier molecular flexibility index (Phi) is 5.87. The number of likely N-dealkylation sites (tertiary alicyclic amines) is 1. The molecular weight excluding hydrogens is 450 g/mol. The number of hydrogen-bond acceptors (Lipinski definition) is 6. The van der Waals surface area contributed by atoms with Gasteiger partial charge in [0.25, 0.3) is 5.91 Å². The molecule has 0 radical (unpaired) electrons. The van der Waals surface area contributed by atoms with E-state index in [0.717, 1.165) is 12.0 Å². The first-order valence-electron chi connectivity index (χ1n) is 11.9. The van der Waals surface area contributed by atoms with Gasteiger partial charge in [-0.3, -0.25) is 9.59 Å². The van der Waals surface area contributed by atoms with Crippen molar-refractivity contribution < 1.29 is 33.6 Å². The number of benzene rings is 2. The summed E-state index contributed by atoms with van der Waals surface area (Å²) in [6, 6.07) is 13.0. The molecule has 1 amide bonds. The van der Waals surface area contributed by atoms with E-state index in [9.17, 15) is 14.7 Å². The standard InChI is InChI=1S/C27H31NO7/c1-26(12-11-22(29)30)19-13-27(14-28(15-27)25(31)17-7-4-5-9-20(17)32-2)16-34-23(19)18-8-6-10-21(33-3)24(18)35-26/h4-10,19,23H,11-16H2,1-3H3,(H,29,30)/t19-,23+,26-/m1/s1. The van der Waals surface area contributed by atoms with Crippen molar-refractivity contribution in [2.24, 2.45) is 11.3 Å². The Hall–Kier alpha value is -3.26. The molecule has 3 heterocycles. The van der Waals surface area contributed by atoms with Crippen LogP contribution >= 0.6 is 0 Å². The van der Waals surface area contributed by atoms with Crippen molar-refractivity contribution >= 4 is 11.9 Å². The first kappa shape index (κ1) is 23.5. The van der Waals surface area contributed by atoms with E-state index in [-0.39, 0.29) is 29.8 Å². The van der Waals surface area contributed by atoms with Crippen LogP contribution < -0.4 is 14.2 Å². The maximum atomic E-state index is 13.2. The van der Waals surface area contributed by atoms with Gasteiger partial charge in [0.2, 0.25) is 0 Å². The number of methoxy groups -OCH3 is 2. The Morgan fingerprint density at radius 1 is 1.09 bits per heavy atom. The molecule has 2 fully saturated rings. The van der Waals surface area contributed by atoms with Gasteiger partial charge in [-0.2, -0.15) is 0 Å². The second-order valence-corrected chi connectivity index (χ2v) is 10.1. The predicted octanol–water partition coefficient (Wildman–Crippen LogP) is 3.94. The van der Waals surface area contributed by atoms with E-state index in [1.54, 1.807) is 26.4 Å². The molecule has 1 spiro atoms. The quantitative estimate of drug-likeness (QED) is 0.668. The van der Waals surface area contributed by atoms with Crippen molar-refractivity contribution in [2.75, 3.05) is 33.9 Å². The van der Waals surface area contributed by atoms with Gasteiger partial charge in [-0.25, -0.2) is 0 Å². The van der Waals surface area contributed by atoms with Gasteiger partial charge < -0.3 is 29.0 Å². The molecule has 3 aliphatic rings. The zero-order chi connectivity index (χ0) is 24.8. The van der Waals surface area contributed by atoms with Crippen LogP contribution in [0, 0.1) is 11.3 Å². The van der Waals surface area contributed by atoms with Crippen molar-refractivity contribution in [3.63, 3.8) is 0 Å². The minimum atomic E-state index is -0.860. The Morgan fingerprint density at radius 3 is 2.51 bits per heavy atom. The molecule has 35 heavy (non-hydrogen) atoms. The molecule has 5 rings (SSSR count). The smallest absolute Gasteiger partial charge is 0.303 e. The number of carboxylic acid groups (broad SMARTS) is 1. The molecule has 8 heteroatoms. The fourth-order valence-corrected chi connectivity index (χ4v) is 5.90. The van der Waals surface area contributed by atoms with E-state index in [2.05, 4.69) is 0 Å². The number of amides is 1. The van der Waals surface area contributed by atoms with Crippen molar-refractivity contribution in [3.05, 3.63) is 53.6 Å². The third kappa shape index (κ3) is 3.99. The molecule has 0 bridgehead atoms. The minimum absolute atomic E-state index is 0.00435. The van der Waals surface area contributed by atoms with Gasteiger partial charge in [-0.05, 0) is 38.0 Å². The number of nitrogens with zero attached hydrogens (tertiary/aromatic N) is 1. The molecule has 1 N–H and O–H groups in total. The topological polar surface area (TPSA) is 94.5 Å². The Morgan fingerprint density at radius 2 is 1.80 bits per heavy atom. The molecule has 2 aromatic carbocycles. The molecule has 0 unspecified atom stereocenters. The lowest BCUT2D eigenvalue weighted by atomic mass is 9.63. The molecule has 3 aliphatic heterocycles. The van der Waals surface area contributed by atoms with E-state index >= 15 is 0 Å². The van der Waals surface area contributed by atoms with Gasteiger partial charge >= 0.3 is 5.97 Å². The number of ether oxygens (including phenoxy) is 4. The summed E-state index contributed by atoms with van der Waals surface area (Å²) < 4.78 is 23.9. The average Bonchev–Trinajstić information content (AvgIpc) is 2.85. The molecule has 186 valence electrons. The Balaban J connectivity index is 1.39. The maximum Gasteiger partial charge on any atom is 0.303 e. The lowest BCUT2D eigenvalue weighted by Gasteiger charge is -2.59. The number of hydrogen-bond donors (Lipinski definition) is 1. The van der Waals surface area contributed by atoms with Gasteiger partial charge in [0.05, 0.1) is 32.5 Å². The summed E-state index contributed by atoms with van der Waals surface area (Å²) in [5.41, 5.74) is 0.542. The van der Waals surface area contributed by atoms with Crippen LogP contribution in [0.1, 0.15) is 48.2 Å². The molecule has 0 aliphatic carbocycles. The third-order valence-corrected chi connectivity index (χ3v) is 7.76. The number of aliphatic carboxylic acids is 1. The maximum absolute atomic E-state index is 13.2. The zero-order valence-electron chi connectivity index (χ0n) is 20.3. The highest BCUT2D eigenvalue weighted by atomic mass is 16.5. The van der Waals surface area contributed by atoms with Crippen molar-refractivity contribution in [1.82, 2.24) is 4.90 Å². The number of carbonyl (C=O) groups excluding carboxylic acids is 1. The summed E-state index contributed by atoms with van der Waals surface area (Å²) in [5.74, 6) is 0.828. The summed E-state index contributed by atoms with van der Waals surface area (Å²) >= 11 is 0. The Labute approximate surface area is 204 Å².